The maximum atomic E-state index is 11.6. The van der Waals surface area contributed by atoms with Gasteiger partial charge in [-0.15, -0.1) is 0 Å². The van der Waals surface area contributed by atoms with Crippen molar-refractivity contribution in [2.24, 2.45) is 0 Å². The molecule has 0 bridgehead atoms. The molecule has 1 aromatic heterocycles. The molecular weight excluding hydrogens is 211 g/mol. The van der Waals surface area contributed by atoms with E-state index in [1.54, 1.807) is 12.1 Å². The van der Waals surface area contributed by atoms with Crippen molar-refractivity contribution < 1.29 is 18.0 Å². The summed E-state index contributed by atoms with van der Waals surface area (Å²) >= 11 is 0. The minimum atomic E-state index is -4.71. The van der Waals surface area contributed by atoms with Crippen molar-refractivity contribution in [1.29, 1.82) is 0 Å². The Morgan fingerprint density at radius 3 is 2.47 bits per heavy atom. The van der Waals surface area contributed by atoms with Crippen LogP contribution in [0.4, 0.5) is 18.0 Å². The Morgan fingerprint density at radius 2 is 1.93 bits per heavy atom. The highest BCUT2D eigenvalue weighted by molar-refractivity contribution is 5.74. The largest absolute Gasteiger partial charge is 0.485 e. The molecular formula is C8H8F3N3O. The summed E-state index contributed by atoms with van der Waals surface area (Å²) in [4.78, 5) is 14.4. The number of nitrogens with zero attached hydrogens (tertiary/aromatic N) is 1. The number of alkyl halides is 3. The Balaban J connectivity index is 2.35. The third kappa shape index (κ3) is 4.84. The molecule has 0 aliphatic rings. The van der Waals surface area contributed by atoms with Gasteiger partial charge in [0.2, 0.25) is 0 Å². The Morgan fingerprint density at radius 1 is 1.33 bits per heavy atom. The van der Waals surface area contributed by atoms with Gasteiger partial charge < -0.3 is 5.32 Å². The van der Waals surface area contributed by atoms with Gasteiger partial charge in [0, 0.05) is 18.9 Å². The molecule has 7 heteroatoms. The molecule has 1 rings (SSSR count). The number of aromatic nitrogens is 1. The molecule has 2 amide bonds. The topological polar surface area (TPSA) is 54.0 Å². The Bertz CT molecular complexity index is 326. The molecule has 0 aliphatic heterocycles. The summed E-state index contributed by atoms with van der Waals surface area (Å²) in [6, 6.07) is 1.90. The molecule has 0 spiro atoms. The van der Waals surface area contributed by atoms with Crippen LogP contribution in [0.25, 0.3) is 0 Å². The number of halogens is 3. The Labute approximate surface area is 83.5 Å². The van der Waals surface area contributed by atoms with E-state index in [9.17, 15) is 18.0 Å². The van der Waals surface area contributed by atoms with Crippen LogP contribution in [0.3, 0.4) is 0 Å². The molecule has 0 atom stereocenters. The van der Waals surface area contributed by atoms with Gasteiger partial charge in [0.25, 0.3) is 0 Å². The van der Waals surface area contributed by atoms with Crippen molar-refractivity contribution in [3.8, 4) is 0 Å². The number of rotatable bonds is 2. The molecule has 82 valence electrons. The quantitative estimate of drug-likeness (QED) is 0.738. The van der Waals surface area contributed by atoms with Crippen molar-refractivity contribution in [3.05, 3.63) is 30.1 Å². The molecule has 2 N–H and O–H groups in total. The first-order valence-corrected chi connectivity index (χ1v) is 3.99. The maximum absolute atomic E-state index is 11.6. The number of urea groups is 1. The molecule has 1 aromatic rings. The highest BCUT2D eigenvalue weighted by Gasteiger charge is 2.29. The monoisotopic (exact) mass is 219 g/mol. The second-order valence-corrected chi connectivity index (χ2v) is 2.66. The van der Waals surface area contributed by atoms with E-state index in [-0.39, 0.29) is 6.54 Å². The third-order valence-electron chi connectivity index (χ3n) is 1.46. The zero-order chi connectivity index (χ0) is 11.3. The van der Waals surface area contributed by atoms with Crippen LogP contribution in [0.5, 0.6) is 0 Å². The Kier molecular flexibility index (Phi) is 3.48. The molecule has 0 fully saturated rings. The van der Waals surface area contributed by atoms with Gasteiger partial charge in [-0.3, -0.25) is 4.98 Å². The standard InChI is InChI=1S/C8H8F3N3O/c9-8(10,11)14-7(15)13-5-6-1-3-12-4-2-6/h1-4H,5H2,(H2,13,14,15). The average Bonchev–Trinajstić information content (AvgIpc) is 2.14. The number of pyridine rings is 1. The first-order valence-electron chi connectivity index (χ1n) is 3.99. The predicted molar refractivity (Wildman–Crippen MR) is 45.7 cm³/mol. The lowest BCUT2D eigenvalue weighted by Crippen LogP contribution is -2.43. The minimum Gasteiger partial charge on any atom is -0.334 e. The van der Waals surface area contributed by atoms with Gasteiger partial charge in [-0.25, -0.2) is 10.1 Å². The van der Waals surface area contributed by atoms with Crippen LogP contribution < -0.4 is 10.6 Å². The molecule has 0 aliphatic carbocycles. The van der Waals surface area contributed by atoms with Crippen LogP contribution in [0.2, 0.25) is 0 Å². The molecule has 15 heavy (non-hydrogen) atoms. The SMILES string of the molecule is O=C(NCc1ccncc1)NC(F)(F)F. The molecule has 4 nitrogen and oxygen atoms in total. The fourth-order valence-corrected chi connectivity index (χ4v) is 0.856. The second kappa shape index (κ2) is 4.63. The first kappa shape index (κ1) is 11.3. The highest BCUT2D eigenvalue weighted by Crippen LogP contribution is 2.08. The van der Waals surface area contributed by atoms with Gasteiger partial charge >= 0.3 is 12.3 Å². The number of hydrogen-bond acceptors (Lipinski definition) is 2. The van der Waals surface area contributed by atoms with Gasteiger partial charge in [0.05, 0.1) is 0 Å². The van der Waals surface area contributed by atoms with E-state index in [1.165, 1.54) is 12.4 Å². The summed E-state index contributed by atoms with van der Waals surface area (Å²) in [5.74, 6) is 0. The van der Waals surface area contributed by atoms with Crippen LogP contribution in [0, 0.1) is 0 Å². The number of carbonyl (C=O) groups is 1. The van der Waals surface area contributed by atoms with Gasteiger partial charge in [-0.2, -0.15) is 13.2 Å². The number of nitrogens with one attached hydrogen (secondary N) is 2. The summed E-state index contributed by atoms with van der Waals surface area (Å²) in [5.41, 5.74) is 0.669. The van der Waals surface area contributed by atoms with E-state index >= 15 is 0 Å². The normalized spacial score (nSPS) is 10.9. The van der Waals surface area contributed by atoms with Crippen molar-refractivity contribution in [2.45, 2.75) is 12.8 Å². The number of carbonyl (C=O) groups excluding carboxylic acids is 1. The van der Waals surface area contributed by atoms with E-state index in [2.05, 4.69) is 10.3 Å². The molecule has 0 aromatic carbocycles. The van der Waals surface area contributed by atoms with Crippen LogP contribution in [-0.4, -0.2) is 17.3 Å². The predicted octanol–water partition coefficient (Wildman–Crippen LogP) is 1.40. The van der Waals surface area contributed by atoms with E-state index < -0.39 is 12.3 Å². The summed E-state index contributed by atoms with van der Waals surface area (Å²) < 4.78 is 34.9. The van der Waals surface area contributed by atoms with Crippen molar-refractivity contribution in [3.63, 3.8) is 0 Å². The zero-order valence-corrected chi connectivity index (χ0v) is 7.51. The summed E-state index contributed by atoms with van der Waals surface area (Å²) in [6.07, 6.45) is -1.74. The number of hydrogen-bond donors (Lipinski definition) is 2. The van der Waals surface area contributed by atoms with Gasteiger partial charge in [0.15, 0.2) is 0 Å². The molecule has 0 saturated heterocycles. The average molecular weight is 219 g/mol. The van der Waals surface area contributed by atoms with E-state index in [0.717, 1.165) is 5.32 Å². The lowest BCUT2D eigenvalue weighted by atomic mass is 10.3. The van der Waals surface area contributed by atoms with Gasteiger partial charge in [0.1, 0.15) is 0 Å². The molecule has 0 unspecified atom stereocenters. The van der Waals surface area contributed by atoms with E-state index in [4.69, 9.17) is 0 Å². The van der Waals surface area contributed by atoms with Crippen LogP contribution in [0.1, 0.15) is 5.56 Å². The van der Waals surface area contributed by atoms with Gasteiger partial charge in [-0.1, -0.05) is 0 Å². The fraction of sp³-hybridized carbons (Fsp3) is 0.250. The summed E-state index contributed by atoms with van der Waals surface area (Å²) in [7, 11) is 0. The van der Waals surface area contributed by atoms with Crippen LogP contribution >= 0.6 is 0 Å². The van der Waals surface area contributed by atoms with Crippen molar-refractivity contribution in [2.75, 3.05) is 0 Å². The summed E-state index contributed by atoms with van der Waals surface area (Å²) in [5, 5.41) is 2.88. The summed E-state index contributed by atoms with van der Waals surface area (Å²) in [6.45, 7) is 0.0183. The molecule has 0 saturated carbocycles. The van der Waals surface area contributed by atoms with Crippen molar-refractivity contribution in [1.82, 2.24) is 15.6 Å². The van der Waals surface area contributed by atoms with E-state index in [1.807, 2.05) is 0 Å². The fourth-order valence-electron chi connectivity index (χ4n) is 0.856. The van der Waals surface area contributed by atoms with Crippen LogP contribution in [0.15, 0.2) is 24.5 Å². The number of amides is 2. The second-order valence-electron chi connectivity index (χ2n) is 2.66. The highest BCUT2D eigenvalue weighted by atomic mass is 19.4. The molecule has 1 heterocycles. The Hall–Kier alpha value is -1.79. The molecule has 0 radical (unpaired) electrons. The third-order valence-corrected chi connectivity index (χ3v) is 1.46. The minimum absolute atomic E-state index is 0.0183. The smallest absolute Gasteiger partial charge is 0.334 e. The van der Waals surface area contributed by atoms with Crippen LogP contribution in [-0.2, 0) is 6.54 Å². The maximum Gasteiger partial charge on any atom is 0.485 e. The van der Waals surface area contributed by atoms with E-state index in [0.29, 0.717) is 5.56 Å². The first-order chi connectivity index (χ1) is 6.97. The lowest BCUT2D eigenvalue weighted by molar-refractivity contribution is -0.145. The zero-order valence-electron chi connectivity index (χ0n) is 7.51. The van der Waals surface area contributed by atoms with Crippen molar-refractivity contribution >= 4 is 6.03 Å². The lowest BCUT2D eigenvalue weighted by Gasteiger charge is -2.09. The van der Waals surface area contributed by atoms with Gasteiger partial charge in [-0.05, 0) is 17.7 Å².